The third-order valence-corrected chi connectivity index (χ3v) is 3.27. The summed E-state index contributed by atoms with van der Waals surface area (Å²) in [4.78, 5) is 11.3. The minimum Gasteiger partial charge on any atom is -0.366 e. The maximum absolute atomic E-state index is 6.09. The van der Waals surface area contributed by atoms with Gasteiger partial charge >= 0.3 is 0 Å². The second-order valence-electron chi connectivity index (χ2n) is 6.62. The third-order valence-electron chi connectivity index (χ3n) is 3.27. The summed E-state index contributed by atoms with van der Waals surface area (Å²) in [6.07, 6.45) is 3.72. The quantitative estimate of drug-likeness (QED) is 0.912. The van der Waals surface area contributed by atoms with Crippen LogP contribution in [0.3, 0.4) is 0 Å². The number of nitrogens with one attached hydrogen (secondary N) is 1. The van der Waals surface area contributed by atoms with Gasteiger partial charge in [-0.25, -0.2) is 4.98 Å². The minimum atomic E-state index is -0.175. The monoisotopic (exact) mass is 278 g/mol. The van der Waals surface area contributed by atoms with Crippen LogP contribution in [-0.2, 0) is 11.3 Å². The molecule has 0 unspecified atom stereocenters. The lowest BCUT2D eigenvalue weighted by molar-refractivity contribution is -0.133. The zero-order chi connectivity index (χ0) is 14.8. The number of aromatic nitrogens is 2. The van der Waals surface area contributed by atoms with Gasteiger partial charge in [-0.05, 0) is 34.2 Å². The molecule has 1 N–H and O–H groups in total. The number of hydrogen-bond donors (Lipinski definition) is 1. The van der Waals surface area contributed by atoms with Crippen molar-refractivity contribution in [2.45, 2.75) is 52.4 Å². The van der Waals surface area contributed by atoms with E-state index >= 15 is 0 Å². The highest BCUT2D eigenvalue weighted by Gasteiger charge is 2.38. The zero-order valence-electron chi connectivity index (χ0n) is 13.2. The standard InChI is InChI=1S/C15H26N4O/c1-6-16-7-12-8-18-13(9-17-12)19-10-14(2,3)20-15(4,5)11-19/h8-9,16H,6-7,10-11H2,1-5H3. The van der Waals surface area contributed by atoms with Crippen molar-refractivity contribution in [2.75, 3.05) is 24.5 Å². The van der Waals surface area contributed by atoms with Crippen LogP contribution in [0.2, 0.25) is 0 Å². The number of morpholine rings is 1. The molecule has 2 heterocycles. The van der Waals surface area contributed by atoms with E-state index in [0.717, 1.165) is 37.7 Å². The van der Waals surface area contributed by atoms with Gasteiger partial charge in [0.25, 0.3) is 0 Å². The Labute approximate surface area is 121 Å². The molecule has 5 nitrogen and oxygen atoms in total. The van der Waals surface area contributed by atoms with Crippen LogP contribution >= 0.6 is 0 Å². The Morgan fingerprint density at radius 3 is 2.30 bits per heavy atom. The van der Waals surface area contributed by atoms with E-state index < -0.39 is 0 Å². The first-order valence-electron chi connectivity index (χ1n) is 7.28. The van der Waals surface area contributed by atoms with Gasteiger partial charge in [-0.15, -0.1) is 0 Å². The van der Waals surface area contributed by atoms with Crippen molar-refractivity contribution in [1.29, 1.82) is 0 Å². The Bertz CT molecular complexity index is 426. The van der Waals surface area contributed by atoms with Crippen LogP contribution in [-0.4, -0.2) is 40.8 Å². The maximum Gasteiger partial charge on any atom is 0.147 e. The Morgan fingerprint density at radius 2 is 1.80 bits per heavy atom. The molecule has 1 aromatic heterocycles. The van der Waals surface area contributed by atoms with Crippen LogP contribution in [0, 0.1) is 0 Å². The van der Waals surface area contributed by atoms with Gasteiger partial charge in [-0.1, -0.05) is 6.92 Å². The Morgan fingerprint density at radius 1 is 1.15 bits per heavy atom. The van der Waals surface area contributed by atoms with Gasteiger partial charge in [0.15, 0.2) is 0 Å². The fourth-order valence-corrected chi connectivity index (χ4v) is 2.81. The molecular formula is C15H26N4O. The molecule has 0 saturated carbocycles. The van der Waals surface area contributed by atoms with E-state index in [9.17, 15) is 0 Å². The minimum absolute atomic E-state index is 0.175. The topological polar surface area (TPSA) is 50.3 Å². The summed E-state index contributed by atoms with van der Waals surface area (Å²) in [7, 11) is 0. The van der Waals surface area contributed by atoms with E-state index in [1.807, 2.05) is 12.4 Å². The summed E-state index contributed by atoms with van der Waals surface area (Å²) < 4.78 is 6.09. The van der Waals surface area contributed by atoms with Crippen molar-refractivity contribution < 1.29 is 4.74 Å². The molecule has 0 spiro atoms. The number of nitrogens with zero attached hydrogens (tertiary/aromatic N) is 3. The first-order valence-corrected chi connectivity index (χ1v) is 7.28. The average Bonchev–Trinajstić information content (AvgIpc) is 2.33. The van der Waals surface area contributed by atoms with E-state index in [4.69, 9.17) is 4.74 Å². The van der Waals surface area contributed by atoms with Gasteiger partial charge in [0, 0.05) is 19.6 Å². The van der Waals surface area contributed by atoms with Gasteiger partial charge in [0.05, 0.1) is 29.3 Å². The molecule has 0 atom stereocenters. The molecule has 1 saturated heterocycles. The first kappa shape index (κ1) is 15.2. The van der Waals surface area contributed by atoms with Crippen molar-refractivity contribution in [1.82, 2.24) is 15.3 Å². The number of anilines is 1. The number of hydrogen-bond acceptors (Lipinski definition) is 5. The van der Waals surface area contributed by atoms with Crippen LogP contribution in [0.5, 0.6) is 0 Å². The molecule has 1 aliphatic rings. The summed E-state index contributed by atoms with van der Waals surface area (Å²) in [5.74, 6) is 0.926. The predicted octanol–water partition coefficient (Wildman–Crippen LogP) is 1.98. The normalized spacial score (nSPS) is 20.9. The van der Waals surface area contributed by atoms with Crippen molar-refractivity contribution in [3.05, 3.63) is 18.1 Å². The lowest BCUT2D eigenvalue weighted by atomic mass is 9.99. The van der Waals surface area contributed by atoms with E-state index in [-0.39, 0.29) is 11.2 Å². The highest BCUT2D eigenvalue weighted by Crippen LogP contribution is 2.30. The van der Waals surface area contributed by atoms with E-state index in [1.165, 1.54) is 0 Å². The second kappa shape index (κ2) is 5.66. The van der Waals surface area contributed by atoms with Gasteiger partial charge in [0.2, 0.25) is 0 Å². The lowest BCUT2D eigenvalue weighted by Crippen LogP contribution is -2.57. The van der Waals surface area contributed by atoms with Crippen LogP contribution in [0.1, 0.15) is 40.3 Å². The maximum atomic E-state index is 6.09. The molecule has 0 aliphatic carbocycles. The number of ether oxygens (including phenoxy) is 1. The Balaban J connectivity index is 2.10. The van der Waals surface area contributed by atoms with Gasteiger partial charge in [-0.3, -0.25) is 4.98 Å². The highest BCUT2D eigenvalue weighted by molar-refractivity contribution is 5.38. The molecule has 0 radical (unpaired) electrons. The molecule has 5 heteroatoms. The van der Waals surface area contributed by atoms with E-state index in [1.54, 1.807) is 0 Å². The van der Waals surface area contributed by atoms with Crippen molar-refractivity contribution in [3.63, 3.8) is 0 Å². The molecule has 1 aliphatic heterocycles. The molecule has 20 heavy (non-hydrogen) atoms. The lowest BCUT2D eigenvalue weighted by Gasteiger charge is -2.47. The molecule has 1 fully saturated rings. The van der Waals surface area contributed by atoms with Crippen LogP contribution < -0.4 is 10.2 Å². The first-order chi connectivity index (χ1) is 9.31. The summed E-state index contributed by atoms with van der Waals surface area (Å²) >= 11 is 0. The molecule has 1 aromatic rings. The SMILES string of the molecule is CCNCc1cnc(N2CC(C)(C)OC(C)(C)C2)cn1. The molecule has 0 aromatic carbocycles. The molecule has 112 valence electrons. The summed E-state index contributed by atoms with van der Waals surface area (Å²) in [5, 5.41) is 3.25. The predicted molar refractivity (Wildman–Crippen MR) is 80.9 cm³/mol. The fourth-order valence-electron chi connectivity index (χ4n) is 2.81. The van der Waals surface area contributed by atoms with Crippen molar-refractivity contribution in [2.24, 2.45) is 0 Å². The van der Waals surface area contributed by atoms with Crippen LogP contribution in [0.25, 0.3) is 0 Å². The van der Waals surface area contributed by atoms with Crippen LogP contribution in [0.4, 0.5) is 5.82 Å². The summed E-state index contributed by atoms with van der Waals surface area (Å²) in [6, 6.07) is 0. The molecular weight excluding hydrogens is 252 g/mol. The van der Waals surface area contributed by atoms with E-state index in [0.29, 0.717) is 0 Å². The Kier molecular flexibility index (Phi) is 4.30. The van der Waals surface area contributed by atoms with E-state index in [2.05, 4.69) is 54.8 Å². The van der Waals surface area contributed by atoms with Gasteiger partial charge in [-0.2, -0.15) is 0 Å². The van der Waals surface area contributed by atoms with Crippen molar-refractivity contribution >= 4 is 5.82 Å². The fraction of sp³-hybridized carbons (Fsp3) is 0.733. The highest BCUT2D eigenvalue weighted by atomic mass is 16.5. The Hall–Kier alpha value is -1.20. The molecule has 0 bridgehead atoms. The average molecular weight is 278 g/mol. The third kappa shape index (κ3) is 3.90. The summed E-state index contributed by atoms with van der Waals surface area (Å²) in [6.45, 7) is 13.9. The van der Waals surface area contributed by atoms with Crippen LogP contribution in [0.15, 0.2) is 12.4 Å². The largest absolute Gasteiger partial charge is 0.366 e. The van der Waals surface area contributed by atoms with Gasteiger partial charge < -0.3 is 15.0 Å². The van der Waals surface area contributed by atoms with Gasteiger partial charge in [0.1, 0.15) is 5.82 Å². The second-order valence-corrected chi connectivity index (χ2v) is 6.62. The van der Waals surface area contributed by atoms with Crippen molar-refractivity contribution in [3.8, 4) is 0 Å². The number of rotatable bonds is 4. The summed E-state index contributed by atoms with van der Waals surface area (Å²) in [5.41, 5.74) is 0.625. The zero-order valence-corrected chi connectivity index (χ0v) is 13.2. The molecule has 0 amide bonds. The molecule has 2 rings (SSSR count). The smallest absolute Gasteiger partial charge is 0.147 e.